The normalized spacial score (nSPS) is 13.1. The van der Waals surface area contributed by atoms with Crippen molar-refractivity contribution in [3.05, 3.63) is 98.1 Å². The third kappa shape index (κ3) is 6.56. The van der Waals surface area contributed by atoms with Crippen molar-refractivity contribution in [3.63, 3.8) is 0 Å². The number of aromatic nitrogens is 1. The number of nitrogens with zero attached hydrogens (tertiary/aromatic N) is 1. The van der Waals surface area contributed by atoms with Gasteiger partial charge in [-0.25, -0.2) is 13.8 Å². The van der Waals surface area contributed by atoms with Gasteiger partial charge in [0.25, 0.3) is 5.91 Å². The summed E-state index contributed by atoms with van der Waals surface area (Å²) in [5.41, 5.74) is 2.10. The number of benzene rings is 3. The first-order valence-corrected chi connectivity index (χ1v) is 12.5. The number of hydrogen-bond acceptors (Lipinski definition) is 5. The van der Waals surface area contributed by atoms with Gasteiger partial charge in [-0.05, 0) is 76.5 Å². The number of nitrogens with one attached hydrogen (secondary N) is 2. The van der Waals surface area contributed by atoms with E-state index in [0.717, 1.165) is 19.9 Å². The minimum Gasteiger partial charge on any atom is -0.390 e. The van der Waals surface area contributed by atoms with Gasteiger partial charge in [-0.3, -0.25) is 4.79 Å². The highest BCUT2D eigenvalue weighted by atomic mass is 127. The van der Waals surface area contributed by atoms with Crippen LogP contribution in [-0.2, 0) is 13.0 Å². The zero-order valence-electron chi connectivity index (χ0n) is 18.0. The third-order valence-electron chi connectivity index (χ3n) is 5.22. The molecule has 0 saturated heterocycles. The molecule has 2 atom stereocenters. The lowest BCUT2D eigenvalue weighted by Gasteiger charge is -2.24. The minimum atomic E-state index is -1.01. The summed E-state index contributed by atoms with van der Waals surface area (Å²) in [7, 11) is 0. The lowest BCUT2D eigenvalue weighted by molar-refractivity contribution is 0.0829. The molecule has 9 heteroatoms. The zero-order valence-corrected chi connectivity index (χ0v) is 20.9. The molecule has 1 amide bonds. The molecular formula is C25H22F2IN3O2S. The van der Waals surface area contributed by atoms with Crippen LogP contribution in [-0.4, -0.2) is 34.7 Å². The van der Waals surface area contributed by atoms with Gasteiger partial charge in [0, 0.05) is 22.7 Å². The first-order chi connectivity index (χ1) is 16.4. The number of thiazole rings is 1. The van der Waals surface area contributed by atoms with E-state index in [2.05, 4.69) is 38.2 Å². The number of para-hydroxylation sites is 1. The Bertz CT molecular complexity index is 1250. The number of carbonyl (C=O) groups is 1. The van der Waals surface area contributed by atoms with E-state index < -0.39 is 29.7 Å². The fourth-order valence-corrected chi connectivity index (χ4v) is 5.10. The lowest BCUT2D eigenvalue weighted by atomic mass is 10.0. The molecule has 0 fully saturated rings. The Hall–Kier alpha value is -2.47. The molecule has 0 spiro atoms. The van der Waals surface area contributed by atoms with Crippen LogP contribution in [0.4, 0.5) is 8.78 Å². The van der Waals surface area contributed by atoms with Gasteiger partial charge in [0.2, 0.25) is 0 Å². The highest BCUT2D eigenvalue weighted by Crippen LogP contribution is 2.22. The van der Waals surface area contributed by atoms with Crippen molar-refractivity contribution in [1.82, 2.24) is 15.6 Å². The molecule has 0 bridgehead atoms. The van der Waals surface area contributed by atoms with Crippen molar-refractivity contribution in [3.8, 4) is 0 Å². The molecule has 0 saturated carbocycles. The Morgan fingerprint density at radius 1 is 1.03 bits per heavy atom. The van der Waals surface area contributed by atoms with Crippen molar-refractivity contribution in [2.75, 3.05) is 6.54 Å². The summed E-state index contributed by atoms with van der Waals surface area (Å²) in [6, 6.07) is 17.8. The van der Waals surface area contributed by atoms with Gasteiger partial charge in [0.15, 0.2) is 5.01 Å². The predicted molar refractivity (Wildman–Crippen MR) is 138 cm³/mol. The minimum absolute atomic E-state index is 0.0530. The second-order valence-electron chi connectivity index (χ2n) is 7.88. The Morgan fingerprint density at radius 3 is 2.53 bits per heavy atom. The number of aliphatic hydroxyl groups is 1. The lowest BCUT2D eigenvalue weighted by Crippen LogP contribution is -2.48. The molecule has 0 unspecified atom stereocenters. The number of halogens is 3. The molecule has 4 aromatic rings. The van der Waals surface area contributed by atoms with E-state index in [-0.39, 0.29) is 18.0 Å². The molecule has 0 aliphatic heterocycles. The summed E-state index contributed by atoms with van der Waals surface area (Å²) in [4.78, 5) is 17.3. The van der Waals surface area contributed by atoms with E-state index >= 15 is 0 Å². The molecule has 4 rings (SSSR count). The number of fused-ring (bicyclic) bond motifs is 1. The van der Waals surface area contributed by atoms with Crippen LogP contribution in [0.5, 0.6) is 0 Å². The molecule has 0 radical (unpaired) electrons. The smallest absolute Gasteiger partial charge is 0.280 e. The monoisotopic (exact) mass is 593 g/mol. The van der Waals surface area contributed by atoms with Gasteiger partial charge in [0.05, 0.1) is 22.4 Å². The SMILES string of the molecule is O=C(N[C@@H](Cc1cc(F)cc(F)c1)[C@@H](O)CNCc1cccc(I)c1)c1nc2ccccc2s1. The maximum atomic E-state index is 13.7. The summed E-state index contributed by atoms with van der Waals surface area (Å²) < 4.78 is 29.4. The topological polar surface area (TPSA) is 74.2 Å². The van der Waals surface area contributed by atoms with Gasteiger partial charge in [-0.1, -0.05) is 24.3 Å². The van der Waals surface area contributed by atoms with Crippen LogP contribution in [0.1, 0.15) is 20.9 Å². The highest BCUT2D eigenvalue weighted by Gasteiger charge is 2.24. The number of rotatable bonds is 9. The van der Waals surface area contributed by atoms with Crippen molar-refractivity contribution in [1.29, 1.82) is 0 Å². The van der Waals surface area contributed by atoms with Crippen LogP contribution < -0.4 is 10.6 Å². The average Bonchev–Trinajstić information content (AvgIpc) is 3.22. The van der Waals surface area contributed by atoms with Crippen LogP contribution in [0, 0.1) is 15.2 Å². The standard InChI is InChI=1S/C25H22F2IN3O2S/c26-17-8-16(9-18(27)12-17)11-21(22(32)14-29-13-15-4-3-5-19(28)10-15)30-24(33)25-31-20-6-1-2-7-23(20)34-25/h1-10,12,21-22,29,32H,11,13-14H2,(H,30,33)/t21-,22-/m0/s1. The summed E-state index contributed by atoms with van der Waals surface area (Å²) in [6.45, 7) is 0.703. The molecular weight excluding hydrogens is 571 g/mol. The summed E-state index contributed by atoms with van der Waals surface area (Å²) in [5, 5.41) is 17.2. The average molecular weight is 593 g/mol. The molecule has 3 aromatic carbocycles. The predicted octanol–water partition coefficient (Wildman–Crippen LogP) is 4.67. The van der Waals surface area contributed by atoms with Crippen LogP contribution in [0.3, 0.4) is 0 Å². The van der Waals surface area contributed by atoms with E-state index in [4.69, 9.17) is 0 Å². The first kappa shape index (κ1) is 24.6. The second kappa shape index (κ2) is 11.3. The number of carbonyl (C=O) groups excluding carboxylic acids is 1. The number of aliphatic hydroxyl groups excluding tert-OH is 1. The molecule has 1 aromatic heterocycles. The van der Waals surface area contributed by atoms with Gasteiger partial charge in [-0.2, -0.15) is 0 Å². The molecule has 0 aliphatic carbocycles. The number of amides is 1. The quantitative estimate of drug-likeness (QED) is 0.247. The molecule has 5 nitrogen and oxygen atoms in total. The van der Waals surface area contributed by atoms with Crippen molar-refractivity contribution in [2.45, 2.75) is 25.1 Å². The molecule has 0 aliphatic rings. The van der Waals surface area contributed by atoms with E-state index in [1.54, 1.807) is 0 Å². The molecule has 176 valence electrons. The van der Waals surface area contributed by atoms with Gasteiger partial charge < -0.3 is 15.7 Å². The van der Waals surface area contributed by atoms with Crippen molar-refractivity contribution < 1.29 is 18.7 Å². The third-order valence-corrected chi connectivity index (χ3v) is 6.92. The number of hydrogen-bond donors (Lipinski definition) is 3. The van der Waals surface area contributed by atoms with Gasteiger partial charge >= 0.3 is 0 Å². The Kier molecular flexibility index (Phi) is 8.19. The maximum absolute atomic E-state index is 13.7. The largest absolute Gasteiger partial charge is 0.390 e. The van der Waals surface area contributed by atoms with E-state index in [1.807, 2.05) is 48.5 Å². The fraction of sp³-hybridized carbons (Fsp3) is 0.200. The Labute approximate surface area is 213 Å². The van der Waals surface area contributed by atoms with Crippen LogP contribution in [0.25, 0.3) is 10.2 Å². The van der Waals surface area contributed by atoms with Gasteiger partial charge in [0.1, 0.15) is 11.6 Å². The second-order valence-corrected chi connectivity index (χ2v) is 10.2. The molecule has 1 heterocycles. The van der Waals surface area contributed by atoms with Crippen LogP contribution >= 0.6 is 33.9 Å². The summed E-state index contributed by atoms with van der Waals surface area (Å²) in [6.07, 6.45) is -0.954. The first-order valence-electron chi connectivity index (χ1n) is 10.6. The Morgan fingerprint density at radius 2 is 1.79 bits per heavy atom. The van der Waals surface area contributed by atoms with E-state index in [9.17, 15) is 18.7 Å². The van der Waals surface area contributed by atoms with E-state index in [0.29, 0.717) is 17.6 Å². The Balaban J connectivity index is 1.48. The molecule has 34 heavy (non-hydrogen) atoms. The highest BCUT2D eigenvalue weighted by molar-refractivity contribution is 14.1. The van der Waals surface area contributed by atoms with Crippen LogP contribution in [0.15, 0.2) is 66.7 Å². The summed E-state index contributed by atoms with van der Waals surface area (Å²) in [5.74, 6) is -1.87. The zero-order chi connectivity index (χ0) is 24.1. The van der Waals surface area contributed by atoms with Crippen molar-refractivity contribution in [2.24, 2.45) is 0 Å². The summed E-state index contributed by atoms with van der Waals surface area (Å²) >= 11 is 3.48. The molecule has 3 N–H and O–H groups in total. The van der Waals surface area contributed by atoms with Crippen LogP contribution in [0.2, 0.25) is 0 Å². The maximum Gasteiger partial charge on any atom is 0.280 e. The van der Waals surface area contributed by atoms with Gasteiger partial charge in [-0.15, -0.1) is 11.3 Å². The van der Waals surface area contributed by atoms with E-state index in [1.165, 1.54) is 23.5 Å². The van der Waals surface area contributed by atoms with Crippen molar-refractivity contribution >= 4 is 50.1 Å². The fourth-order valence-electron chi connectivity index (χ4n) is 3.62.